The van der Waals surface area contributed by atoms with E-state index < -0.39 is 0 Å². The van der Waals surface area contributed by atoms with Gasteiger partial charge in [-0.05, 0) is 38.3 Å². The van der Waals surface area contributed by atoms with Crippen molar-refractivity contribution in [2.24, 2.45) is 4.99 Å². The topological polar surface area (TPSA) is 49.3 Å². The molecule has 0 radical (unpaired) electrons. The molecule has 2 aliphatic rings. The molecule has 2 atom stereocenters. The van der Waals surface area contributed by atoms with Gasteiger partial charge in [0.05, 0.1) is 12.7 Å². The molecular formula is C21H35IN4O2. The molecule has 2 saturated heterocycles. The van der Waals surface area contributed by atoms with Gasteiger partial charge in [-0.1, -0.05) is 18.2 Å². The minimum Gasteiger partial charge on any atom is -0.375 e. The van der Waals surface area contributed by atoms with Crippen molar-refractivity contribution < 1.29 is 9.47 Å². The smallest absolute Gasteiger partial charge is 0.193 e. The highest BCUT2D eigenvalue weighted by atomic mass is 127. The number of ether oxygens (including phenoxy) is 2. The Labute approximate surface area is 186 Å². The van der Waals surface area contributed by atoms with Crippen LogP contribution in [0.2, 0.25) is 0 Å². The summed E-state index contributed by atoms with van der Waals surface area (Å²) in [5.41, 5.74) is 2.62. The first-order valence-electron chi connectivity index (χ1n) is 10.2. The lowest BCUT2D eigenvalue weighted by atomic mass is 10.1. The molecule has 0 spiro atoms. The molecule has 0 aromatic heterocycles. The number of rotatable bonds is 6. The van der Waals surface area contributed by atoms with Crippen LogP contribution in [0.25, 0.3) is 0 Å². The Hall–Kier alpha value is -1.06. The number of benzene rings is 1. The first kappa shape index (κ1) is 23.2. The third kappa shape index (κ3) is 5.97. The van der Waals surface area contributed by atoms with Crippen molar-refractivity contribution in [3.63, 3.8) is 0 Å². The number of nitrogens with zero attached hydrogens (tertiary/aromatic N) is 3. The molecule has 1 N–H and O–H groups in total. The molecule has 0 aliphatic carbocycles. The van der Waals surface area contributed by atoms with E-state index in [0.717, 1.165) is 64.7 Å². The number of halogens is 1. The predicted molar refractivity (Wildman–Crippen MR) is 126 cm³/mol. The molecule has 28 heavy (non-hydrogen) atoms. The quantitative estimate of drug-likeness (QED) is 0.369. The van der Waals surface area contributed by atoms with Crippen LogP contribution in [0, 0.1) is 6.92 Å². The second-order valence-electron chi connectivity index (χ2n) is 7.25. The van der Waals surface area contributed by atoms with Gasteiger partial charge in [0.2, 0.25) is 0 Å². The second kappa shape index (κ2) is 11.8. The van der Waals surface area contributed by atoms with E-state index in [1.54, 1.807) is 0 Å². The first-order valence-corrected chi connectivity index (χ1v) is 10.2. The lowest BCUT2D eigenvalue weighted by Crippen LogP contribution is -2.54. The number of morpholine rings is 1. The Kier molecular flexibility index (Phi) is 9.81. The summed E-state index contributed by atoms with van der Waals surface area (Å²) in [6.45, 7) is 10.5. The summed E-state index contributed by atoms with van der Waals surface area (Å²) in [5.74, 6) is 0.960. The lowest BCUT2D eigenvalue weighted by molar-refractivity contribution is -0.0816. The van der Waals surface area contributed by atoms with Crippen molar-refractivity contribution in [2.45, 2.75) is 38.9 Å². The zero-order valence-electron chi connectivity index (χ0n) is 17.4. The van der Waals surface area contributed by atoms with Crippen molar-refractivity contribution in [1.29, 1.82) is 0 Å². The average molecular weight is 502 g/mol. The number of anilines is 1. The van der Waals surface area contributed by atoms with Crippen LogP contribution in [-0.4, -0.2) is 76.1 Å². The van der Waals surface area contributed by atoms with Crippen LogP contribution in [0.15, 0.2) is 29.3 Å². The van der Waals surface area contributed by atoms with Gasteiger partial charge in [0.15, 0.2) is 5.96 Å². The summed E-state index contributed by atoms with van der Waals surface area (Å²) in [5, 5.41) is 3.54. The predicted octanol–water partition coefficient (Wildman–Crippen LogP) is 2.89. The molecule has 2 unspecified atom stereocenters. The zero-order chi connectivity index (χ0) is 19.1. The Morgan fingerprint density at radius 3 is 2.71 bits per heavy atom. The highest BCUT2D eigenvalue weighted by molar-refractivity contribution is 14.0. The van der Waals surface area contributed by atoms with Gasteiger partial charge in [0, 0.05) is 52.1 Å². The van der Waals surface area contributed by atoms with Crippen molar-refractivity contribution >= 4 is 35.6 Å². The fraction of sp³-hybridized carbons (Fsp3) is 0.667. The molecular weight excluding hydrogens is 467 g/mol. The molecule has 0 bridgehead atoms. The maximum Gasteiger partial charge on any atom is 0.193 e. The molecule has 6 nitrogen and oxygen atoms in total. The third-order valence-corrected chi connectivity index (χ3v) is 5.49. The fourth-order valence-corrected chi connectivity index (χ4v) is 3.99. The maximum absolute atomic E-state index is 5.96. The molecule has 1 aromatic rings. The van der Waals surface area contributed by atoms with Gasteiger partial charge in [-0.25, -0.2) is 0 Å². The number of hydrogen-bond acceptors (Lipinski definition) is 4. The summed E-state index contributed by atoms with van der Waals surface area (Å²) in [6, 6.07) is 8.57. The number of aliphatic imine (C=N–C) groups is 1. The summed E-state index contributed by atoms with van der Waals surface area (Å²) in [6.07, 6.45) is 2.64. The highest BCUT2D eigenvalue weighted by Crippen LogP contribution is 2.21. The van der Waals surface area contributed by atoms with Crippen molar-refractivity contribution in [3.05, 3.63) is 29.8 Å². The zero-order valence-corrected chi connectivity index (χ0v) is 19.7. The number of guanidine groups is 1. The van der Waals surface area contributed by atoms with Gasteiger partial charge in [-0.15, -0.1) is 24.0 Å². The summed E-state index contributed by atoms with van der Waals surface area (Å²) in [4.78, 5) is 9.21. The average Bonchev–Trinajstić information content (AvgIpc) is 3.24. The van der Waals surface area contributed by atoms with Gasteiger partial charge < -0.3 is 24.6 Å². The van der Waals surface area contributed by atoms with E-state index in [4.69, 9.17) is 9.47 Å². The number of hydrogen-bond donors (Lipinski definition) is 1. The van der Waals surface area contributed by atoms with Gasteiger partial charge in [0.1, 0.15) is 6.10 Å². The maximum atomic E-state index is 5.96. The van der Waals surface area contributed by atoms with Crippen molar-refractivity contribution in [3.8, 4) is 0 Å². The monoisotopic (exact) mass is 502 g/mol. The Morgan fingerprint density at radius 1 is 1.25 bits per heavy atom. The van der Waals surface area contributed by atoms with Crippen LogP contribution in [0.1, 0.15) is 25.3 Å². The van der Waals surface area contributed by atoms with E-state index in [1.807, 2.05) is 7.05 Å². The molecule has 2 aliphatic heterocycles. The minimum absolute atomic E-state index is 0. The molecule has 2 heterocycles. The summed E-state index contributed by atoms with van der Waals surface area (Å²) < 4.78 is 11.8. The Balaban J connectivity index is 0.00000280. The van der Waals surface area contributed by atoms with E-state index in [0.29, 0.717) is 0 Å². The van der Waals surface area contributed by atoms with Crippen LogP contribution < -0.4 is 10.2 Å². The summed E-state index contributed by atoms with van der Waals surface area (Å²) >= 11 is 0. The van der Waals surface area contributed by atoms with Crippen molar-refractivity contribution in [1.82, 2.24) is 10.2 Å². The molecule has 0 saturated carbocycles. The van der Waals surface area contributed by atoms with Gasteiger partial charge in [0.25, 0.3) is 0 Å². The van der Waals surface area contributed by atoms with Gasteiger partial charge in [-0.2, -0.15) is 0 Å². The normalized spacial score (nSPS) is 22.7. The number of aryl methyl sites for hydroxylation is 1. The molecule has 2 fully saturated rings. The van der Waals surface area contributed by atoms with E-state index in [-0.39, 0.29) is 36.2 Å². The standard InChI is InChI=1S/C21H34N4O2.HI/c1-4-24(18-9-6-5-8-17(18)2)12-11-23-21(22-3)25-13-15-27-20(16-25)19-10-7-14-26-19;/h5-6,8-9,19-20H,4,7,10-16H2,1-3H3,(H,22,23);1H. The number of likely N-dealkylation sites (N-methyl/N-ethyl adjacent to an activating group) is 1. The van der Waals surface area contributed by atoms with Crippen LogP contribution in [0.4, 0.5) is 5.69 Å². The number of nitrogens with one attached hydrogen (secondary N) is 1. The van der Waals surface area contributed by atoms with E-state index in [2.05, 4.69) is 58.2 Å². The molecule has 0 amide bonds. The van der Waals surface area contributed by atoms with Crippen LogP contribution in [0.3, 0.4) is 0 Å². The summed E-state index contributed by atoms with van der Waals surface area (Å²) in [7, 11) is 1.86. The largest absolute Gasteiger partial charge is 0.375 e. The Morgan fingerprint density at radius 2 is 2.04 bits per heavy atom. The fourth-order valence-electron chi connectivity index (χ4n) is 3.99. The molecule has 7 heteroatoms. The van der Waals surface area contributed by atoms with Crippen molar-refractivity contribution in [2.75, 3.05) is 57.9 Å². The number of para-hydroxylation sites is 1. The highest BCUT2D eigenvalue weighted by Gasteiger charge is 2.32. The van der Waals surface area contributed by atoms with E-state index in [1.165, 1.54) is 11.3 Å². The molecule has 3 rings (SSSR count). The second-order valence-corrected chi connectivity index (χ2v) is 7.25. The van der Waals surface area contributed by atoms with E-state index >= 15 is 0 Å². The Bertz CT molecular complexity index is 622. The van der Waals surface area contributed by atoms with Crippen LogP contribution in [-0.2, 0) is 9.47 Å². The van der Waals surface area contributed by atoms with Crippen LogP contribution in [0.5, 0.6) is 0 Å². The first-order chi connectivity index (χ1) is 13.2. The van der Waals surface area contributed by atoms with E-state index in [9.17, 15) is 0 Å². The van der Waals surface area contributed by atoms with Gasteiger partial charge in [-0.3, -0.25) is 4.99 Å². The van der Waals surface area contributed by atoms with Gasteiger partial charge >= 0.3 is 0 Å². The van der Waals surface area contributed by atoms with Crippen LogP contribution >= 0.6 is 24.0 Å². The minimum atomic E-state index is 0. The molecule has 158 valence electrons. The SMILES string of the molecule is CCN(CCNC(=NC)N1CCOC(C2CCCO2)C1)c1ccccc1C.I. The third-order valence-electron chi connectivity index (χ3n) is 5.49. The lowest BCUT2D eigenvalue weighted by Gasteiger charge is -2.37. The molecule has 1 aromatic carbocycles.